The Hall–Kier alpha value is -2.30. The number of benzene rings is 3. The van der Waals surface area contributed by atoms with E-state index in [1.807, 2.05) is 30.8 Å². The van der Waals surface area contributed by atoms with Crippen molar-refractivity contribution < 1.29 is 9.18 Å². The van der Waals surface area contributed by atoms with Crippen LogP contribution in [-0.4, -0.2) is 11.7 Å². The van der Waals surface area contributed by atoms with Crippen LogP contribution in [0.3, 0.4) is 0 Å². The van der Waals surface area contributed by atoms with Gasteiger partial charge in [0.25, 0.3) is 5.91 Å². The minimum atomic E-state index is -0.379. The number of aryl methyl sites for hydroxylation is 1. The first-order valence-corrected chi connectivity index (χ1v) is 11.4. The van der Waals surface area contributed by atoms with E-state index in [0.717, 1.165) is 28.4 Å². The van der Waals surface area contributed by atoms with Crippen LogP contribution in [0.4, 0.5) is 4.39 Å². The van der Waals surface area contributed by atoms with E-state index in [-0.39, 0.29) is 17.8 Å². The SMILES string of the molecule is Cc1cc(Cl)ccc1C(=O)NC(c1ccc(F)cc1)c1ccc(SCC2CC2)cc1. The molecule has 1 aliphatic carbocycles. The van der Waals surface area contributed by atoms with Gasteiger partial charge in [-0.1, -0.05) is 35.9 Å². The van der Waals surface area contributed by atoms with Crippen molar-refractivity contribution in [2.75, 3.05) is 5.75 Å². The highest BCUT2D eigenvalue weighted by atomic mass is 35.5. The summed E-state index contributed by atoms with van der Waals surface area (Å²) >= 11 is 7.90. The third kappa shape index (κ3) is 5.24. The lowest BCUT2D eigenvalue weighted by molar-refractivity contribution is 0.0942. The molecule has 0 aliphatic heterocycles. The molecular formula is C25H23ClFNOS. The number of amides is 1. The van der Waals surface area contributed by atoms with E-state index < -0.39 is 0 Å². The zero-order valence-corrected chi connectivity index (χ0v) is 18.3. The molecule has 5 heteroatoms. The lowest BCUT2D eigenvalue weighted by Crippen LogP contribution is -2.29. The maximum atomic E-state index is 13.5. The summed E-state index contributed by atoms with van der Waals surface area (Å²) in [4.78, 5) is 14.2. The molecule has 0 radical (unpaired) electrons. The van der Waals surface area contributed by atoms with Crippen molar-refractivity contribution in [1.82, 2.24) is 5.32 Å². The Morgan fingerprint density at radius 3 is 2.30 bits per heavy atom. The van der Waals surface area contributed by atoms with Crippen LogP contribution < -0.4 is 5.32 Å². The molecule has 1 amide bonds. The van der Waals surface area contributed by atoms with E-state index in [1.165, 1.54) is 29.9 Å². The fourth-order valence-electron chi connectivity index (χ4n) is 3.36. The quantitative estimate of drug-likeness (QED) is 0.410. The molecule has 0 heterocycles. The number of hydrogen-bond acceptors (Lipinski definition) is 2. The van der Waals surface area contributed by atoms with Crippen molar-refractivity contribution in [3.05, 3.63) is 99.8 Å². The smallest absolute Gasteiger partial charge is 0.252 e. The van der Waals surface area contributed by atoms with E-state index in [9.17, 15) is 9.18 Å². The number of carbonyl (C=O) groups excluding carboxylic acids is 1. The van der Waals surface area contributed by atoms with Crippen molar-refractivity contribution >= 4 is 29.3 Å². The van der Waals surface area contributed by atoms with E-state index in [4.69, 9.17) is 11.6 Å². The zero-order valence-electron chi connectivity index (χ0n) is 16.7. The van der Waals surface area contributed by atoms with Crippen LogP contribution >= 0.6 is 23.4 Å². The van der Waals surface area contributed by atoms with E-state index in [0.29, 0.717) is 10.6 Å². The van der Waals surface area contributed by atoms with Crippen molar-refractivity contribution in [2.45, 2.75) is 30.7 Å². The molecule has 3 aromatic carbocycles. The molecule has 1 aliphatic rings. The number of halogens is 2. The Kier molecular flexibility index (Phi) is 6.45. The summed E-state index contributed by atoms with van der Waals surface area (Å²) in [6, 6.07) is 19.4. The topological polar surface area (TPSA) is 29.1 Å². The molecule has 2 nitrogen and oxygen atoms in total. The third-order valence-corrected chi connectivity index (χ3v) is 6.79. The molecule has 154 valence electrons. The highest BCUT2D eigenvalue weighted by Crippen LogP contribution is 2.35. The predicted octanol–water partition coefficient (Wildman–Crippen LogP) is 6.81. The molecule has 30 heavy (non-hydrogen) atoms. The van der Waals surface area contributed by atoms with Gasteiger partial charge in [-0.15, -0.1) is 11.8 Å². The van der Waals surface area contributed by atoms with Gasteiger partial charge in [-0.05, 0) is 84.8 Å². The zero-order chi connectivity index (χ0) is 21.1. The average molecular weight is 440 g/mol. The second-order valence-electron chi connectivity index (χ2n) is 7.74. The lowest BCUT2D eigenvalue weighted by atomic mass is 9.97. The Bertz CT molecular complexity index is 1030. The fraction of sp³-hybridized carbons (Fsp3) is 0.240. The van der Waals surface area contributed by atoms with Gasteiger partial charge in [0.1, 0.15) is 5.82 Å². The molecule has 1 fully saturated rings. The minimum absolute atomic E-state index is 0.189. The Balaban J connectivity index is 1.59. The van der Waals surface area contributed by atoms with Gasteiger partial charge in [-0.2, -0.15) is 0 Å². The van der Waals surface area contributed by atoms with Gasteiger partial charge in [0.05, 0.1) is 6.04 Å². The highest BCUT2D eigenvalue weighted by molar-refractivity contribution is 7.99. The molecule has 0 aromatic heterocycles. The van der Waals surface area contributed by atoms with Crippen LogP contribution in [0, 0.1) is 18.7 Å². The highest BCUT2D eigenvalue weighted by Gasteiger charge is 2.22. The molecule has 0 saturated heterocycles. The minimum Gasteiger partial charge on any atom is -0.341 e. The molecule has 0 bridgehead atoms. The van der Waals surface area contributed by atoms with Gasteiger partial charge in [-0.3, -0.25) is 4.79 Å². The van der Waals surface area contributed by atoms with Crippen molar-refractivity contribution in [3.8, 4) is 0 Å². The van der Waals surface area contributed by atoms with Crippen LogP contribution in [0.1, 0.15) is 45.9 Å². The second-order valence-corrected chi connectivity index (χ2v) is 9.27. The maximum Gasteiger partial charge on any atom is 0.252 e. The normalized spacial score (nSPS) is 14.4. The van der Waals surface area contributed by atoms with Gasteiger partial charge >= 0.3 is 0 Å². The summed E-state index contributed by atoms with van der Waals surface area (Å²) in [5.74, 6) is 1.53. The van der Waals surface area contributed by atoms with Crippen LogP contribution in [0.15, 0.2) is 71.6 Å². The Morgan fingerprint density at radius 2 is 1.70 bits per heavy atom. The lowest BCUT2D eigenvalue weighted by Gasteiger charge is -2.21. The number of hydrogen-bond donors (Lipinski definition) is 1. The van der Waals surface area contributed by atoms with Gasteiger partial charge in [0.2, 0.25) is 0 Å². The van der Waals surface area contributed by atoms with Crippen LogP contribution in [-0.2, 0) is 0 Å². The van der Waals surface area contributed by atoms with Crippen molar-refractivity contribution in [2.24, 2.45) is 5.92 Å². The van der Waals surface area contributed by atoms with Gasteiger partial charge < -0.3 is 5.32 Å². The summed E-state index contributed by atoms with van der Waals surface area (Å²) in [6.45, 7) is 1.86. The first kappa shape index (κ1) is 21.0. The number of nitrogens with one attached hydrogen (secondary N) is 1. The van der Waals surface area contributed by atoms with Crippen LogP contribution in [0.5, 0.6) is 0 Å². The molecule has 3 aromatic rings. The fourth-order valence-corrected chi connectivity index (χ4v) is 4.68. The Morgan fingerprint density at radius 1 is 1.07 bits per heavy atom. The molecule has 1 saturated carbocycles. The number of carbonyl (C=O) groups is 1. The molecule has 4 rings (SSSR count). The first-order chi connectivity index (χ1) is 14.5. The number of thioether (sulfide) groups is 1. The summed E-state index contributed by atoms with van der Waals surface area (Å²) in [7, 11) is 0. The van der Waals surface area contributed by atoms with E-state index in [1.54, 1.807) is 30.3 Å². The van der Waals surface area contributed by atoms with Gasteiger partial charge in [0.15, 0.2) is 0 Å². The summed E-state index contributed by atoms with van der Waals surface area (Å²) in [5.41, 5.74) is 3.17. The molecule has 1 unspecified atom stereocenters. The monoisotopic (exact) mass is 439 g/mol. The van der Waals surface area contributed by atoms with Crippen LogP contribution in [0.2, 0.25) is 5.02 Å². The largest absolute Gasteiger partial charge is 0.341 e. The molecule has 0 spiro atoms. The van der Waals surface area contributed by atoms with E-state index >= 15 is 0 Å². The third-order valence-electron chi connectivity index (χ3n) is 5.31. The first-order valence-electron chi connectivity index (χ1n) is 10.0. The van der Waals surface area contributed by atoms with Gasteiger partial charge in [0, 0.05) is 21.2 Å². The van der Waals surface area contributed by atoms with E-state index in [2.05, 4.69) is 17.4 Å². The Labute approximate surface area is 185 Å². The van der Waals surface area contributed by atoms with Crippen molar-refractivity contribution in [1.29, 1.82) is 0 Å². The summed E-state index contributed by atoms with van der Waals surface area (Å²) < 4.78 is 13.5. The predicted molar refractivity (Wildman–Crippen MR) is 122 cm³/mol. The van der Waals surface area contributed by atoms with Gasteiger partial charge in [-0.25, -0.2) is 4.39 Å². The second kappa shape index (κ2) is 9.23. The molecular weight excluding hydrogens is 417 g/mol. The average Bonchev–Trinajstić information content (AvgIpc) is 3.56. The molecule has 1 N–H and O–H groups in total. The number of rotatable bonds is 7. The van der Waals surface area contributed by atoms with Crippen LogP contribution in [0.25, 0.3) is 0 Å². The molecule has 1 atom stereocenters. The summed E-state index contributed by atoms with van der Waals surface area (Å²) in [5, 5.41) is 3.71. The standard InChI is InChI=1S/C25H23ClFNOS/c1-16-14-20(26)8-13-23(16)25(29)28-24(18-4-9-21(27)10-5-18)19-6-11-22(12-7-19)30-15-17-2-3-17/h4-14,17,24H,2-3,15H2,1H3,(H,28,29). The summed E-state index contributed by atoms with van der Waals surface area (Å²) in [6.07, 6.45) is 2.68. The maximum absolute atomic E-state index is 13.5. The van der Waals surface area contributed by atoms with Crippen molar-refractivity contribution in [3.63, 3.8) is 0 Å².